The number of benzene rings is 6. The van der Waals surface area contributed by atoms with Crippen LogP contribution in [-0.4, -0.2) is 11.2 Å². The molecule has 2 aliphatic carbocycles. The largest absolute Gasteiger partial charge is 0.394 e. The normalized spacial score (nSPS) is 15.4. The Balaban J connectivity index is 0.000000158. The van der Waals surface area contributed by atoms with Crippen LogP contribution >= 0.6 is 45.3 Å². The summed E-state index contributed by atoms with van der Waals surface area (Å²) in [4.78, 5) is 13.9. The van der Waals surface area contributed by atoms with Crippen LogP contribution in [0, 0.1) is 100 Å². The van der Waals surface area contributed by atoms with Gasteiger partial charge in [-0.3, -0.25) is 0 Å². The topological polar surface area (TPSA) is 12.9 Å². The molecule has 0 atom stereocenters. The monoisotopic (exact) mass is 1310 g/mol. The second kappa shape index (κ2) is 34.3. The lowest BCUT2D eigenvalue weighted by Crippen LogP contribution is -2.38. The van der Waals surface area contributed by atoms with Crippen LogP contribution in [0.4, 0.5) is 13.2 Å². The lowest BCUT2D eigenvalue weighted by Gasteiger charge is -2.39. The highest BCUT2D eigenvalue weighted by molar-refractivity contribution is 7.16. The zero-order valence-corrected chi connectivity index (χ0v) is 61.4. The van der Waals surface area contributed by atoms with Crippen LogP contribution in [0.25, 0.3) is 41.9 Å². The predicted molar refractivity (Wildman–Crippen MR) is 400 cm³/mol. The molecule has 0 saturated heterocycles. The van der Waals surface area contributed by atoms with Crippen LogP contribution in [-0.2, 0) is 12.8 Å². The lowest BCUT2D eigenvalue weighted by atomic mass is 9.69. The summed E-state index contributed by atoms with van der Waals surface area (Å²) in [5.74, 6) is 2.60. The minimum absolute atomic E-state index is 0.243. The number of hydrogen-bond donors (Lipinski definition) is 0. The highest BCUT2D eigenvalue weighted by Gasteiger charge is 2.52. The van der Waals surface area contributed by atoms with E-state index in [0.717, 1.165) is 22.8 Å². The maximum Gasteiger partial charge on any atom is 0.394 e. The summed E-state index contributed by atoms with van der Waals surface area (Å²) in [6.45, 7) is 36.3. The molecule has 0 unspecified atom stereocenters. The van der Waals surface area contributed by atoms with E-state index in [0.29, 0.717) is 12.8 Å². The highest BCUT2D eigenvalue weighted by Crippen LogP contribution is 2.52. The molecule has 8 heteroatoms. The summed E-state index contributed by atoms with van der Waals surface area (Å²) in [5, 5.41) is 1.10. The van der Waals surface area contributed by atoms with E-state index >= 15 is 0 Å². The van der Waals surface area contributed by atoms with E-state index < -0.39 is 11.6 Å². The zero-order chi connectivity index (χ0) is 66.9. The number of nitrogens with zero attached hydrogens (tertiary/aromatic N) is 1. The molecule has 1 nitrogen and oxygen atoms in total. The van der Waals surface area contributed by atoms with Crippen LogP contribution in [0.15, 0.2) is 164 Å². The standard InChI is InChI=1S/C17H23F3.2C15H18S.C14H20.C13H14S.C10H9NS/c1-11-9-15(10-12(2)13(11)3)14-5-7-16(4,8-6-14)17(18,19)20;2*1-11(2)10-13-5-7-14(8-6-13)15-9-4-12(3)16-15;1-10-8-14(9-11(2)12(10)3)13-6-4-5-7-13;1-9-10(2)13(14-11(9)3)12-7-5-4-6-8-12;1-8-7-11-10(12-8)9-5-3-2-4-6-9/h9-10,14H,5-8H2,1-4H3;2*4-9,11H,10H2,1-3H3;8-9,13H,4-7H2,1-3H3;4-8H,1-3H3;2-7H,1H3. The van der Waals surface area contributed by atoms with Crippen LogP contribution in [0.2, 0.25) is 0 Å². The van der Waals surface area contributed by atoms with Crippen molar-refractivity contribution in [1.82, 2.24) is 4.98 Å². The van der Waals surface area contributed by atoms with Gasteiger partial charge in [0, 0.05) is 45.9 Å². The lowest BCUT2D eigenvalue weighted by molar-refractivity contribution is -0.228. The molecule has 4 heterocycles. The van der Waals surface area contributed by atoms with Crippen LogP contribution in [0.5, 0.6) is 0 Å². The smallest absolute Gasteiger partial charge is 0.244 e. The van der Waals surface area contributed by atoms with Crippen molar-refractivity contribution in [2.45, 2.75) is 200 Å². The van der Waals surface area contributed by atoms with Gasteiger partial charge in [0.25, 0.3) is 0 Å². The van der Waals surface area contributed by atoms with Crippen LogP contribution < -0.4 is 0 Å². The number of thiophene rings is 3. The van der Waals surface area contributed by atoms with Crippen LogP contribution in [0.1, 0.15) is 184 Å². The number of hydrogen-bond acceptors (Lipinski definition) is 5. The summed E-state index contributed by atoms with van der Waals surface area (Å²) >= 11 is 7.34. The fraction of sp³-hybridized carbons (Fsp3) is 0.393. The highest BCUT2D eigenvalue weighted by atomic mass is 32.1. The minimum atomic E-state index is -4.07. The van der Waals surface area contributed by atoms with Crippen molar-refractivity contribution < 1.29 is 13.2 Å². The first kappa shape index (κ1) is 73.3. The van der Waals surface area contributed by atoms with Crippen molar-refractivity contribution >= 4 is 45.3 Å². The Morgan fingerprint density at radius 1 is 0.435 bits per heavy atom. The Bertz CT molecular complexity index is 3700. The summed E-state index contributed by atoms with van der Waals surface area (Å²) in [6.07, 6.45) is 7.60. The van der Waals surface area contributed by atoms with Gasteiger partial charge in [-0.2, -0.15) is 13.2 Å². The molecule has 2 aliphatic rings. The van der Waals surface area contributed by atoms with E-state index in [2.05, 4.69) is 255 Å². The number of aromatic nitrogens is 1. The Kier molecular flexibility index (Phi) is 27.3. The van der Waals surface area contributed by atoms with Gasteiger partial charge >= 0.3 is 6.18 Å². The Labute approximate surface area is 568 Å². The van der Waals surface area contributed by atoms with Gasteiger partial charge < -0.3 is 0 Å². The summed E-state index contributed by atoms with van der Waals surface area (Å²) in [6, 6.07) is 56.7. The molecule has 0 amide bonds. The van der Waals surface area contributed by atoms with Crippen molar-refractivity contribution in [1.29, 1.82) is 0 Å². The number of alkyl halides is 3. The van der Waals surface area contributed by atoms with E-state index in [1.807, 2.05) is 58.4 Å². The molecule has 0 N–H and O–H groups in total. The summed E-state index contributed by atoms with van der Waals surface area (Å²) in [7, 11) is 0. The van der Waals surface area contributed by atoms with Crippen molar-refractivity contribution in [2.75, 3.05) is 0 Å². The Morgan fingerprint density at radius 3 is 1.17 bits per heavy atom. The predicted octanol–water partition coefficient (Wildman–Crippen LogP) is 27.4. The van der Waals surface area contributed by atoms with Crippen molar-refractivity contribution in [2.24, 2.45) is 17.3 Å². The molecule has 12 rings (SSSR count). The molecule has 6 aromatic carbocycles. The molecular weight excluding hydrogens is 1210 g/mol. The van der Waals surface area contributed by atoms with Gasteiger partial charge in [-0.1, -0.05) is 181 Å². The fourth-order valence-corrected chi connectivity index (χ4v) is 15.8. The van der Waals surface area contributed by atoms with E-state index in [9.17, 15) is 13.2 Å². The third-order valence-electron chi connectivity index (χ3n) is 18.6. The maximum absolute atomic E-state index is 13.0. The van der Waals surface area contributed by atoms with Crippen molar-refractivity contribution in [3.05, 3.63) is 250 Å². The quantitative estimate of drug-likeness (QED) is 0.133. The van der Waals surface area contributed by atoms with Gasteiger partial charge in [-0.05, 0) is 266 Å². The number of aryl methyl sites for hydroxylation is 8. The van der Waals surface area contributed by atoms with Crippen LogP contribution in [0.3, 0.4) is 0 Å². The van der Waals surface area contributed by atoms with Gasteiger partial charge in [0.15, 0.2) is 0 Å². The Morgan fingerprint density at radius 2 is 0.837 bits per heavy atom. The minimum Gasteiger partial charge on any atom is -0.244 e. The number of rotatable bonds is 10. The average molecular weight is 1310 g/mol. The Hall–Kier alpha value is -6.16. The SMILES string of the molecule is Cc1cc(C2CCC(C)(C(F)(F)F)CC2)cc(C)c1C.Cc1cc(C2CCCC2)cc(C)c1C.Cc1ccc(-c2ccc(CC(C)C)cc2)s1.Cc1ccc(-c2ccc(CC(C)C)cc2)s1.Cc1cnc(-c2ccccc2)s1.Cc1sc(-c2ccccc2)c(C)c1C. The first-order chi connectivity index (χ1) is 43.7. The number of thiazole rings is 1. The first-order valence-electron chi connectivity index (χ1n) is 33.3. The molecule has 0 spiro atoms. The van der Waals surface area contributed by atoms with Gasteiger partial charge in [0.2, 0.25) is 0 Å². The summed E-state index contributed by atoms with van der Waals surface area (Å²) < 4.78 is 39.1. The molecule has 92 heavy (non-hydrogen) atoms. The first-order valence-corrected chi connectivity index (χ1v) is 36.6. The molecule has 0 bridgehead atoms. The van der Waals surface area contributed by atoms with Crippen molar-refractivity contribution in [3.63, 3.8) is 0 Å². The van der Waals surface area contributed by atoms with Gasteiger partial charge in [-0.15, -0.1) is 45.3 Å². The molecule has 2 saturated carbocycles. The molecule has 10 aromatic rings. The molecule has 4 aromatic heterocycles. The zero-order valence-electron chi connectivity index (χ0n) is 58.2. The second-order valence-corrected chi connectivity index (χ2v) is 32.1. The van der Waals surface area contributed by atoms with E-state index in [-0.39, 0.29) is 18.8 Å². The van der Waals surface area contributed by atoms with E-state index in [1.165, 1.54) is 163 Å². The second-order valence-electron chi connectivity index (χ2n) is 27.0. The van der Waals surface area contributed by atoms with Gasteiger partial charge in [0.1, 0.15) is 5.01 Å². The van der Waals surface area contributed by atoms with Gasteiger partial charge in [-0.25, -0.2) is 4.98 Å². The number of halogens is 3. The van der Waals surface area contributed by atoms with Gasteiger partial charge in [0.05, 0.1) is 5.41 Å². The van der Waals surface area contributed by atoms with Crippen molar-refractivity contribution in [3.8, 4) is 41.9 Å². The third kappa shape index (κ3) is 21.2. The van der Waals surface area contributed by atoms with E-state index in [1.54, 1.807) is 16.9 Å². The maximum atomic E-state index is 13.0. The average Bonchev–Trinajstić information content (AvgIpc) is 1.18. The molecular formula is C84H102F3NS4. The van der Waals surface area contributed by atoms with E-state index in [4.69, 9.17) is 0 Å². The molecule has 0 radical (unpaired) electrons. The molecule has 2 fully saturated rings. The third-order valence-corrected chi connectivity index (χ3v) is 23.0. The fourth-order valence-electron chi connectivity index (χ4n) is 12.1. The summed E-state index contributed by atoms with van der Waals surface area (Å²) in [5.41, 5.74) is 20.4. The molecule has 488 valence electrons. The molecule has 0 aliphatic heterocycles.